The minimum absolute atomic E-state index is 0.108. The lowest BCUT2D eigenvalue weighted by Crippen LogP contribution is -2.32. The highest BCUT2D eigenvalue weighted by molar-refractivity contribution is 5.94. The summed E-state index contributed by atoms with van der Waals surface area (Å²) in [4.78, 5) is 26.0. The highest BCUT2D eigenvalue weighted by Crippen LogP contribution is 2.16. The maximum atomic E-state index is 12.9. The molecule has 2 rings (SSSR count). The van der Waals surface area contributed by atoms with Gasteiger partial charge in [0.2, 0.25) is 0 Å². The number of hydrogen-bond donors (Lipinski definition) is 0. The molecule has 0 aliphatic rings. The molecule has 1 amide bonds. The lowest BCUT2D eigenvalue weighted by Gasteiger charge is -2.23. The number of aryl methyl sites for hydroxylation is 1. The van der Waals surface area contributed by atoms with E-state index in [1.54, 1.807) is 18.1 Å². The summed E-state index contributed by atoms with van der Waals surface area (Å²) in [6.07, 6.45) is 0.157. The molecule has 0 aliphatic heterocycles. The topological polar surface area (TPSA) is 55.8 Å². The molecule has 0 radical (unpaired) electrons. The van der Waals surface area contributed by atoms with Crippen molar-refractivity contribution in [3.63, 3.8) is 0 Å². The number of carbonyl (C=O) groups is 2. The second-order valence-electron chi connectivity index (χ2n) is 5.77. The van der Waals surface area contributed by atoms with E-state index in [4.69, 9.17) is 9.47 Å². The third-order valence-corrected chi connectivity index (χ3v) is 3.90. The Morgan fingerprint density at radius 2 is 1.76 bits per heavy atom. The summed E-state index contributed by atoms with van der Waals surface area (Å²) in [5, 5.41) is 0. The van der Waals surface area contributed by atoms with Crippen molar-refractivity contribution in [2.24, 2.45) is 0 Å². The van der Waals surface area contributed by atoms with E-state index in [2.05, 4.69) is 0 Å². The summed E-state index contributed by atoms with van der Waals surface area (Å²) in [5.41, 5.74) is 2.59. The van der Waals surface area contributed by atoms with E-state index in [1.165, 1.54) is 7.11 Å². The van der Waals surface area contributed by atoms with Crippen molar-refractivity contribution in [2.75, 3.05) is 20.8 Å². The summed E-state index contributed by atoms with van der Waals surface area (Å²) in [6, 6.07) is 15.0. The van der Waals surface area contributed by atoms with Gasteiger partial charge in [-0.3, -0.25) is 9.59 Å². The molecule has 0 atom stereocenters. The first-order valence-electron chi connectivity index (χ1n) is 8.09. The Morgan fingerprint density at radius 3 is 2.36 bits per heavy atom. The molecule has 0 aliphatic carbocycles. The van der Waals surface area contributed by atoms with Crippen LogP contribution in [-0.2, 0) is 16.1 Å². The van der Waals surface area contributed by atoms with Crippen LogP contribution in [0.4, 0.5) is 0 Å². The van der Waals surface area contributed by atoms with Crippen LogP contribution in [0.5, 0.6) is 5.75 Å². The first-order valence-corrected chi connectivity index (χ1v) is 8.09. The van der Waals surface area contributed by atoms with E-state index in [-0.39, 0.29) is 18.3 Å². The lowest BCUT2D eigenvalue weighted by molar-refractivity contribution is -0.140. The number of esters is 1. The fourth-order valence-electron chi connectivity index (χ4n) is 2.49. The van der Waals surface area contributed by atoms with Crippen LogP contribution in [0.3, 0.4) is 0 Å². The van der Waals surface area contributed by atoms with Crippen molar-refractivity contribution in [1.29, 1.82) is 0 Å². The summed E-state index contributed by atoms with van der Waals surface area (Å²) >= 11 is 0. The number of methoxy groups -OCH3 is 2. The van der Waals surface area contributed by atoms with Gasteiger partial charge >= 0.3 is 5.97 Å². The Hall–Kier alpha value is -2.82. The Kier molecular flexibility index (Phi) is 6.57. The van der Waals surface area contributed by atoms with Gasteiger partial charge in [-0.15, -0.1) is 0 Å². The van der Waals surface area contributed by atoms with Crippen LogP contribution in [0.25, 0.3) is 0 Å². The molecule has 0 fully saturated rings. The maximum absolute atomic E-state index is 12.9. The standard InChI is InChI=1S/C20H23NO4/c1-15-5-4-6-17(13-15)20(23)21(12-11-19(22)25-3)14-16-7-9-18(24-2)10-8-16/h4-10,13H,11-12,14H2,1-3H3. The fraction of sp³-hybridized carbons (Fsp3) is 0.300. The zero-order chi connectivity index (χ0) is 18.2. The van der Waals surface area contributed by atoms with Crippen LogP contribution in [0.15, 0.2) is 48.5 Å². The molecule has 132 valence electrons. The number of hydrogen-bond acceptors (Lipinski definition) is 4. The van der Waals surface area contributed by atoms with Gasteiger partial charge in [0.25, 0.3) is 5.91 Å². The highest BCUT2D eigenvalue weighted by atomic mass is 16.5. The average molecular weight is 341 g/mol. The molecule has 5 nitrogen and oxygen atoms in total. The van der Waals surface area contributed by atoms with Crippen molar-refractivity contribution >= 4 is 11.9 Å². The molecule has 0 saturated heterocycles. The first-order chi connectivity index (χ1) is 12.0. The maximum Gasteiger partial charge on any atom is 0.307 e. The third kappa shape index (κ3) is 5.35. The Morgan fingerprint density at radius 1 is 1.04 bits per heavy atom. The van der Waals surface area contributed by atoms with Crippen molar-refractivity contribution in [1.82, 2.24) is 4.90 Å². The molecule has 0 unspecified atom stereocenters. The van der Waals surface area contributed by atoms with Crippen LogP contribution in [0.1, 0.15) is 27.9 Å². The molecule has 5 heteroatoms. The zero-order valence-electron chi connectivity index (χ0n) is 14.8. The van der Waals surface area contributed by atoms with Crippen LogP contribution in [0.2, 0.25) is 0 Å². The Bertz CT molecular complexity index is 725. The van der Waals surface area contributed by atoms with Gasteiger partial charge in [-0.05, 0) is 36.8 Å². The van der Waals surface area contributed by atoms with E-state index in [1.807, 2.05) is 49.4 Å². The number of benzene rings is 2. The van der Waals surface area contributed by atoms with Crippen molar-refractivity contribution < 1.29 is 19.1 Å². The SMILES string of the molecule is COC(=O)CCN(Cc1ccc(OC)cc1)C(=O)c1cccc(C)c1. The van der Waals surface area contributed by atoms with Crippen LogP contribution in [0, 0.1) is 6.92 Å². The van der Waals surface area contributed by atoms with Gasteiger partial charge in [-0.25, -0.2) is 0 Å². The summed E-state index contributed by atoms with van der Waals surface area (Å²) in [6.45, 7) is 2.65. The van der Waals surface area contributed by atoms with Gasteiger partial charge in [-0.1, -0.05) is 29.8 Å². The zero-order valence-corrected chi connectivity index (χ0v) is 14.8. The number of amides is 1. The van der Waals surface area contributed by atoms with Crippen LogP contribution < -0.4 is 4.74 Å². The fourth-order valence-corrected chi connectivity index (χ4v) is 2.49. The third-order valence-electron chi connectivity index (χ3n) is 3.90. The largest absolute Gasteiger partial charge is 0.497 e. The molecule has 0 saturated carbocycles. The molecule has 0 spiro atoms. The molecule has 0 heterocycles. The molecular weight excluding hydrogens is 318 g/mol. The predicted molar refractivity (Wildman–Crippen MR) is 95.5 cm³/mol. The van der Waals surface area contributed by atoms with Crippen molar-refractivity contribution in [3.8, 4) is 5.75 Å². The monoisotopic (exact) mass is 341 g/mol. The number of nitrogens with zero attached hydrogens (tertiary/aromatic N) is 1. The second kappa shape index (κ2) is 8.87. The van der Waals surface area contributed by atoms with Crippen LogP contribution >= 0.6 is 0 Å². The molecule has 2 aromatic rings. The lowest BCUT2D eigenvalue weighted by atomic mass is 10.1. The van der Waals surface area contributed by atoms with Gasteiger partial charge in [0.05, 0.1) is 20.6 Å². The number of ether oxygens (including phenoxy) is 2. The predicted octanol–water partition coefficient (Wildman–Crippen LogP) is 3.21. The quantitative estimate of drug-likeness (QED) is 0.726. The van der Waals surface area contributed by atoms with E-state index in [0.717, 1.165) is 16.9 Å². The van der Waals surface area contributed by atoms with Crippen molar-refractivity contribution in [2.45, 2.75) is 19.9 Å². The van der Waals surface area contributed by atoms with Crippen molar-refractivity contribution in [3.05, 3.63) is 65.2 Å². The first kappa shape index (κ1) is 18.5. The summed E-state index contributed by atoms with van der Waals surface area (Å²) in [7, 11) is 2.96. The molecule has 0 aromatic heterocycles. The van der Waals surface area contributed by atoms with E-state index >= 15 is 0 Å². The van der Waals surface area contributed by atoms with E-state index in [9.17, 15) is 9.59 Å². The molecule has 2 aromatic carbocycles. The Labute approximate surface area is 148 Å². The van der Waals surface area contributed by atoms with E-state index < -0.39 is 0 Å². The van der Waals surface area contributed by atoms with E-state index in [0.29, 0.717) is 18.7 Å². The molecule has 0 bridgehead atoms. The molecule has 25 heavy (non-hydrogen) atoms. The second-order valence-corrected chi connectivity index (χ2v) is 5.77. The summed E-state index contributed by atoms with van der Waals surface area (Å²) < 4.78 is 9.85. The minimum atomic E-state index is -0.336. The van der Waals surface area contributed by atoms with Gasteiger partial charge < -0.3 is 14.4 Å². The smallest absolute Gasteiger partial charge is 0.307 e. The highest BCUT2D eigenvalue weighted by Gasteiger charge is 2.18. The Balaban J connectivity index is 2.18. The van der Waals surface area contributed by atoms with Gasteiger partial charge in [0.1, 0.15) is 5.75 Å². The van der Waals surface area contributed by atoms with Gasteiger partial charge in [0, 0.05) is 18.7 Å². The molecular formula is C20H23NO4. The van der Waals surface area contributed by atoms with Crippen LogP contribution in [-0.4, -0.2) is 37.5 Å². The number of rotatable bonds is 7. The van der Waals surface area contributed by atoms with Gasteiger partial charge in [0.15, 0.2) is 0 Å². The minimum Gasteiger partial charge on any atom is -0.497 e. The van der Waals surface area contributed by atoms with Gasteiger partial charge in [-0.2, -0.15) is 0 Å². The summed E-state index contributed by atoms with van der Waals surface area (Å²) in [5.74, 6) is 0.315. The normalized spacial score (nSPS) is 10.2. The number of carbonyl (C=O) groups excluding carboxylic acids is 2. The average Bonchev–Trinajstić information content (AvgIpc) is 2.64. The molecule has 0 N–H and O–H groups in total.